The van der Waals surface area contributed by atoms with Gasteiger partial charge in [0.15, 0.2) is 16.6 Å². The van der Waals surface area contributed by atoms with Crippen LogP contribution in [0, 0.1) is 12.7 Å². The Morgan fingerprint density at radius 1 is 1.30 bits per heavy atom. The largest absolute Gasteiger partial charge is 0.507 e. The molecule has 2 aromatic carbocycles. The molecule has 1 aromatic heterocycles. The van der Waals surface area contributed by atoms with E-state index in [0.29, 0.717) is 22.7 Å². The molecule has 1 N–H and O–H groups in total. The summed E-state index contributed by atoms with van der Waals surface area (Å²) in [7, 11) is 0. The molecule has 138 valence electrons. The SMILES string of the molecule is CCc1cc(N=Nc2cnc(C(=O)Oc3ccccc3F)s2)cc(C)c1O. The summed E-state index contributed by atoms with van der Waals surface area (Å²) < 4.78 is 18.6. The van der Waals surface area contributed by atoms with Crippen molar-refractivity contribution in [3.05, 3.63) is 64.5 Å². The zero-order valence-electron chi connectivity index (χ0n) is 14.6. The van der Waals surface area contributed by atoms with E-state index in [-0.39, 0.29) is 16.5 Å². The van der Waals surface area contributed by atoms with E-state index < -0.39 is 11.8 Å². The number of hydrogen-bond donors (Lipinski definition) is 1. The molecular formula is C19H16FN3O3S. The lowest BCUT2D eigenvalue weighted by Gasteiger charge is -2.05. The van der Waals surface area contributed by atoms with Crippen LogP contribution < -0.4 is 4.74 Å². The van der Waals surface area contributed by atoms with Crippen molar-refractivity contribution in [2.45, 2.75) is 20.3 Å². The highest BCUT2D eigenvalue weighted by Gasteiger charge is 2.16. The van der Waals surface area contributed by atoms with E-state index in [1.165, 1.54) is 24.4 Å². The molecule has 0 unspecified atom stereocenters. The Balaban J connectivity index is 1.74. The van der Waals surface area contributed by atoms with Crippen LogP contribution in [0.4, 0.5) is 15.1 Å². The summed E-state index contributed by atoms with van der Waals surface area (Å²) in [6.07, 6.45) is 2.06. The van der Waals surface area contributed by atoms with E-state index in [9.17, 15) is 14.3 Å². The van der Waals surface area contributed by atoms with Crippen LogP contribution in [0.15, 0.2) is 52.8 Å². The molecule has 0 atom stereocenters. The van der Waals surface area contributed by atoms with Gasteiger partial charge >= 0.3 is 5.97 Å². The highest BCUT2D eigenvalue weighted by Crippen LogP contribution is 2.31. The number of carbonyl (C=O) groups is 1. The fourth-order valence-corrected chi connectivity index (χ4v) is 2.96. The molecule has 0 aliphatic rings. The number of ether oxygens (including phenoxy) is 1. The molecule has 0 aliphatic heterocycles. The maximum Gasteiger partial charge on any atom is 0.373 e. The number of thiazole rings is 1. The molecule has 0 saturated heterocycles. The standard InChI is InChI=1S/C19H16FN3O3S/c1-3-12-9-13(8-11(2)17(12)24)22-23-16-10-21-18(27-16)19(25)26-15-7-5-4-6-14(15)20/h4-10,24H,3H2,1-2H3. The number of hydrogen-bond acceptors (Lipinski definition) is 7. The van der Waals surface area contributed by atoms with Gasteiger partial charge in [0.2, 0.25) is 5.01 Å². The number of para-hydroxylation sites is 1. The molecule has 0 spiro atoms. The molecule has 0 bridgehead atoms. The van der Waals surface area contributed by atoms with Gasteiger partial charge in [-0.25, -0.2) is 14.2 Å². The first kappa shape index (κ1) is 18.7. The van der Waals surface area contributed by atoms with Crippen molar-refractivity contribution >= 4 is 28.0 Å². The maximum absolute atomic E-state index is 13.6. The number of aromatic hydroxyl groups is 1. The van der Waals surface area contributed by atoms with Crippen LogP contribution in [0.1, 0.15) is 27.9 Å². The number of phenolic OH excluding ortho intramolecular Hbond substituents is 1. The molecule has 0 radical (unpaired) electrons. The lowest BCUT2D eigenvalue weighted by atomic mass is 10.1. The monoisotopic (exact) mass is 385 g/mol. The molecule has 0 fully saturated rings. The van der Waals surface area contributed by atoms with Gasteiger partial charge in [-0.05, 0) is 48.7 Å². The Kier molecular flexibility index (Phi) is 5.56. The summed E-state index contributed by atoms with van der Waals surface area (Å²) in [5.74, 6) is -1.29. The third kappa shape index (κ3) is 4.35. The van der Waals surface area contributed by atoms with Crippen molar-refractivity contribution in [3.63, 3.8) is 0 Å². The second kappa shape index (κ2) is 8.05. The predicted octanol–water partition coefficient (Wildman–Crippen LogP) is 5.49. The topological polar surface area (TPSA) is 84.1 Å². The Morgan fingerprint density at radius 2 is 2.07 bits per heavy atom. The van der Waals surface area contributed by atoms with Gasteiger partial charge in [-0.15, -0.1) is 10.2 Å². The average molecular weight is 385 g/mol. The van der Waals surface area contributed by atoms with Gasteiger partial charge in [-0.3, -0.25) is 0 Å². The van der Waals surface area contributed by atoms with Crippen molar-refractivity contribution in [3.8, 4) is 11.5 Å². The molecule has 0 aliphatic carbocycles. The van der Waals surface area contributed by atoms with Crippen LogP contribution in [-0.4, -0.2) is 16.1 Å². The summed E-state index contributed by atoms with van der Waals surface area (Å²) in [6, 6.07) is 9.10. The minimum Gasteiger partial charge on any atom is -0.507 e. The van der Waals surface area contributed by atoms with E-state index >= 15 is 0 Å². The number of carbonyl (C=O) groups excluding carboxylic acids is 1. The number of aromatic nitrogens is 1. The van der Waals surface area contributed by atoms with E-state index in [1.54, 1.807) is 25.1 Å². The first-order chi connectivity index (χ1) is 13.0. The summed E-state index contributed by atoms with van der Waals surface area (Å²) in [6.45, 7) is 3.73. The van der Waals surface area contributed by atoms with Crippen molar-refractivity contribution in [1.82, 2.24) is 4.98 Å². The lowest BCUT2D eigenvalue weighted by molar-refractivity contribution is 0.0727. The van der Waals surface area contributed by atoms with Gasteiger partial charge in [0.25, 0.3) is 0 Å². The van der Waals surface area contributed by atoms with Crippen LogP contribution in [0.2, 0.25) is 0 Å². The number of rotatable bonds is 5. The van der Waals surface area contributed by atoms with Gasteiger partial charge < -0.3 is 9.84 Å². The number of nitrogens with zero attached hydrogens (tertiary/aromatic N) is 3. The Morgan fingerprint density at radius 3 is 2.81 bits per heavy atom. The highest BCUT2D eigenvalue weighted by atomic mass is 32.1. The third-order valence-electron chi connectivity index (χ3n) is 3.72. The predicted molar refractivity (Wildman–Crippen MR) is 99.9 cm³/mol. The second-order valence-electron chi connectivity index (χ2n) is 5.65. The van der Waals surface area contributed by atoms with E-state index in [0.717, 1.165) is 16.9 Å². The molecule has 0 saturated carbocycles. The number of esters is 1. The van der Waals surface area contributed by atoms with Crippen molar-refractivity contribution < 1.29 is 19.0 Å². The minimum atomic E-state index is -0.764. The zero-order valence-corrected chi connectivity index (χ0v) is 15.5. The average Bonchev–Trinajstić information content (AvgIpc) is 3.13. The van der Waals surface area contributed by atoms with Crippen LogP contribution >= 0.6 is 11.3 Å². The molecule has 1 heterocycles. The smallest absolute Gasteiger partial charge is 0.373 e. The molecule has 6 nitrogen and oxygen atoms in total. The van der Waals surface area contributed by atoms with Crippen LogP contribution in [0.3, 0.4) is 0 Å². The minimum absolute atomic E-state index is 0.0448. The Labute approximate surface area is 159 Å². The zero-order chi connectivity index (χ0) is 19.4. The molecule has 8 heteroatoms. The number of phenols is 1. The van der Waals surface area contributed by atoms with Gasteiger partial charge in [0.05, 0.1) is 11.9 Å². The van der Waals surface area contributed by atoms with Crippen molar-refractivity contribution in [2.24, 2.45) is 10.2 Å². The van der Waals surface area contributed by atoms with E-state index in [4.69, 9.17) is 4.74 Å². The summed E-state index contributed by atoms with van der Waals surface area (Å²) in [5, 5.41) is 18.6. The number of aryl methyl sites for hydroxylation is 2. The quantitative estimate of drug-likeness (QED) is 0.357. The van der Waals surface area contributed by atoms with Crippen LogP contribution in [0.25, 0.3) is 0 Å². The molecule has 3 aromatic rings. The first-order valence-corrected chi connectivity index (χ1v) is 8.96. The number of halogens is 1. The van der Waals surface area contributed by atoms with Gasteiger partial charge in [0.1, 0.15) is 5.75 Å². The highest BCUT2D eigenvalue weighted by molar-refractivity contribution is 7.17. The lowest BCUT2D eigenvalue weighted by Crippen LogP contribution is -2.08. The summed E-state index contributed by atoms with van der Waals surface area (Å²) in [4.78, 5) is 16.0. The first-order valence-electron chi connectivity index (χ1n) is 8.14. The van der Waals surface area contributed by atoms with Crippen molar-refractivity contribution in [2.75, 3.05) is 0 Å². The summed E-state index contributed by atoms with van der Waals surface area (Å²) in [5.41, 5.74) is 2.08. The second-order valence-corrected chi connectivity index (χ2v) is 6.66. The molecule has 0 amide bonds. The fourth-order valence-electron chi connectivity index (χ4n) is 2.34. The number of benzene rings is 2. The maximum atomic E-state index is 13.6. The van der Waals surface area contributed by atoms with Gasteiger partial charge in [-0.1, -0.05) is 30.4 Å². The fraction of sp³-hybridized carbons (Fsp3) is 0.158. The summed E-state index contributed by atoms with van der Waals surface area (Å²) >= 11 is 0.985. The van der Waals surface area contributed by atoms with Gasteiger partial charge in [0, 0.05) is 0 Å². The molecule has 3 rings (SSSR count). The van der Waals surface area contributed by atoms with Gasteiger partial charge in [-0.2, -0.15) is 0 Å². The molecule has 27 heavy (non-hydrogen) atoms. The normalized spacial score (nSPS) is 11.1. The van der Waals surface area contributed by atoms with Crippen molar-refractivity contribution in [1.29, 1.82) is 0 Å². The third-order valence-corrected chi connectivity index (χ3v) is 4.58. The number of azo groups is 1. The van der Waals surface area contributed by atoms with Crippen LogP contribution in [-0.2, 0) is 6.42 Å². The molecular weight excluding hydrogens is 369 g/mol. The van der Waals surface area contributed by atoms with E-state index in [2.05, 4.69) is 15.2 Å². The van der Waals surface area contributed by atoms with E-state index in [1.807, 2.05) is 6.92 Å². The Bertz CT molecular complexity index is 1020. The Hall–Kier alpha value is -3.13. The van der Waals surface area contributed by atoms with Crippen LogP contribution in [0.5, 0.6) is 11.5 Å².